The Bertz CT molecular complexity index is 2140. The molecule has 2 saturated carbocycles. The molecule has 2 radical (unpaired) electrons. The molecule has 4 aromatic carbocycles. The number of nitrogens with one attached hydrogen (secondary N) is 2. The second kappa shape index (κ2) is 13.0. The predicted octanol–water partition coefficient (Wildman–Crippen LogP) is 8.75. The van der Waals surface area contributed by atoms with Crippen LogP contribution < -0.4 is 0 Å². The number of aromatic amines is 2. The summed E-state index contributed by atoms with van der Waals surface area (Å²) in [5, 5.41) is 0. The molecule has 0 bridgehead atoms. The van der Waals surface area contributed by atoms with E-state index in [-0.39, 0.29) is 34.7 Å². The number of carbonyl (C=O) groups is 2. The molecule has 2 amide bonds. The number of amides is 2. The highest BCUT2D eigenvalue weighted by Gasteiger charge is 2.55. The third-order valence-corrected chi connectivity index (χ3v) is 12.2. The summed E-state index contributed by atoms with van der Waals surface area (Å²) in [7, 11) is 0. The first-order valence-electron chi connectivity index (χ1n) is 19.1. The molecule has 6 aromatic rings. The molecule has 2 atom stereocenters. The van der Waals surface area contributed by atoms with E-state index in [2.05, 4.69) is 58.5 Å². The van der Waals surface area contributed by atoms with Crippen LogP contribution in [0.5, 0.6) is 0 Å². The number of rotatable bonds is 9. The average Bonchev–Trinajstić information content (AvgIpc) is 3.78. The third kappa shape index (κ3) is 6.33. The summed E-state index contributed by atoms with van der Waals surface area (Å²) in [5.41, 5.74) is 8.39. The number of imidazole rings is 2. The van der Waals surface area contributed by atoms with Crippen LogP contribution in [0.3, 0.4) is 0 Å². The summed E-state index contributed by atoms with van der Waals surface area (Å²) in [6, 6.07) is 36.6. The first kappa shape index (κ1) is 32.9. The minimum atomic E-state index is -0.0512. The smallest absolute Gasteiger partial charge is 0.231 e. The highest BCUT2D eigenvalue weighted by Crippen LogP contribution is 2.59. The molecule has 8 heteroatoms. The Morgan fingerprint density at radius 3 is 1.28 bits per heavy atom. The lowest BCUT2D eigenvalue weighted by atomic mass is 10.0. The van der Waals surface area contributed by atoms with Crippen LogP contribution >= 0.6 is 0 Å². The monoisotopic (exact) mass is 710 g/mol. The quantitative estimate of drug-likeness (QED) is 0.157. The Hall–Kier alpha value is -5.76. The van der Waals surface area contributed by atoms with Gasteiger partial charge >= 0.3 is 0 Å². The van der Waals surface area contributed by atoms with Gasteiger partial charge in [0.1, 0.15) is 11.6 Å². The van der Waals surface area contributed by atoms with Crippen molar-refractivity contribution < 1.29 is 9.59 Å². The zero-order chi connectivity index (χ0) is 36.3. The number of nitrogens with zero attached hydrogens (tertiary/aromatic N) is 4. The van der Waals surface area contributed by atoms with E-state index >= 15 is 0 Å². The molecule has 2 N–H and O–H groups in total. The van der Waals surface area contributed by atoms with Gasteiger partial charge in [0.2, 0.25) is 11.8 Å². The second-order valence-corrected chi connectivity index (χ2v) is 16.0. The van der Waals surface area contributed by atoms with E-state index in [0.29, 0.717) is 0 Å². The van der Waals surface area contributed by atoms with E-state index in [9.17, 15) is 9.59 Å². The van der Waals surface area contributed by atoms with Crippen molar-refractivity contribution in [3.63, 3.8) is 0 Å². The number of aromatic nitrogens is 4. The topological polar surface area (TPSA) is 98.0 Å². The van der Waals surface area contributed by atoms with Gasteiger partial charge < -0.3 is 19.8 Å². The lowest BCUT2D eigenvalue weighted by molar-refractivity contribution is -0.129. The van der Waals surface area contributed by atoms with E-state index in [1.54, 1.807) is 12.8 Å². The zero-order valence-electron chi connectivity index (χ0n) is 30.1. The Balaban J connectivity index is 0.813. The van der Waals surface area contributed by atoms with Gasteiger partial charge in [-0.3, -0.25) is 9.59 Å². The molecule has 54 heavy (non-hydrogen) atoms. The maximum atomic E-state index is 13.4. The number of likely N-dealkylation sites (tertiary alicyclic amines) is 2. The number of benzene rings is 4. The second-order valence-electron chi connectivity index (χ2n) is 16.0. The van der Waals surface area contributed by atoms with Crippen LogP contribution in [0, 0.1) is 23.7 Å². The van der Waals surface area contributed by atoms with Gasteiger partial charge in [0.15, 0.2) is 0 Å². The average molecular weight is 711 g/mol. The van der Waals surface area contributed by atoms with Gasteiger partial charge in [0.25, 0.3) is 0 Å². The van der Waals surface area contributed by atoms with Crippen LogP contribution in [0.2, 0.25) is 0 Å². The first-order chi connectivity index (χ1) is 26.4. The standard InChI is InChI=1S/C46H42N6O2/c53-41(23-31-7-3-1-4-8-31)51-29-45(19-20-45)25-39(51)43-47-27-37(49-43)35-15-11-33(12-16-35)34-13-17-36(18-14-34)38-28-48-44(50-38)40-26-46(21-22-46)30-52(40)42(54)24-32-9-5-2-6-10-32/h1-18,23-24,27-28,39-40H,19-22,25-26,29-30H2,(H,47,49)(H,48,50)/t39-,40?/m0/s1. The molecule has 2 saturated heterocycles. The van der Waals surface area contributed by atoms with Gasteiger partial charge in [0.05, 0.1) is 36.3 Å². The maximum absolute atomic E-state index is 13.4. The van der Waals surface area contributed by atoms with Crippen molar-refractivity contribution in [3.8, 4) is 33.6 Å². The minimum Gasteiger partial charge on any atom is -0.346 e. The molecule has 4 fully saturated rings. The molecule has 2 aliphatic heterocycles. The molecule has 2 aromatic heterocycles. The van der Waals surface area contributed by atoms with Crippen LogP contribution in [-0.4, -0.2) is 54.6 Å². The summed E-state index contributed by atoms with van der Waals surface area (Å²) < 4.78 is 0. The van der Waals surface area contributed by atoms with Crippen molar-refractivity contribution in [3.05, 3.63) is 157 Å². The number of hydrogen-bond donors (Lipinski definition) is 2. The van der Waals surface area contributed by atoms with E-state index in [0.717, 1.165) is 82.3 Å². The van der Waals surface area contributed by atoms with E-state index in [1.165, 1.54) is 25.7 Å². The van der Waals surface area contributed by atoms with Gasteiger partial charge in [-0.25, -0.2) is 9.97 Å². The van der Waals surface area contributed by atoms with E-state index in [4.69, 9.17) is 9.97 Å². The highest BCUT2D eigenvalue weighted by atomic mass is 16.2. The molecule has 10 rings (SSSR count). The van der Waals surface area contributed by atoms with Gasteiger partial charge in [-0.2, -0.15) is 0 Å². The largest absolute Gasteiger partial charge is 0.346 e. The van der Waals surface area contributed by atoms with Crippen molar-refractivity contribution in [2.75, 3.05) is 13.1 Å². The SMILES string of the molecule is O=C([CH]c1ccccc1)N1CC2(CC2)CC1c1nc(-c2ccc(-c3ccc(-c4c[nH]c([C@@H]5CC6(CC6)CN5C(=O)[CH]c5ccccc5)n4)cc3)cc2)c[nH]1. The molecule has 4 aliphatic rings. The Morgan fingerprint density at radius 2 is 0.907 bits per heavy atom. The Labute approximate surface area is 315 Å². The normalized spacial score (nSPS) is 20.5. The highest BCUT2D eigenvalue weighted by molar-refractivity contribution is 5.90. The molecular weight excluding hydrogens is 669 g/mol. The van der Waals surface area contributed by atoms with E-state index in [1.807, 2.05) is 82.9 Å². The summed E-state index contributed by atoms with van der Waals surface area (Å²) >= 11 is 0. The molecule has 2 spiro atoms. The van der Waals surface area contributed by atoms with Gasteiger partial charge in [-0.05, 0) is 71.6 Å². The molecular formula is C46H42N6O2. The number of H-pyrrole nitrogens is 2. The summed E-state index contributed by atoms with van der Waals surface area (Å²) in [4.78, 5) is 47.8. The Morgan fingerprint density at radius 1 is 0.537 bits per heavy atom. The van der Waals surface area contributed by atoms with Gasteiger partial charge in [0, 0.05) is 36.6 Å². The summed E-state index contributed by atoms with van der Waals surface area (Å²) in [6.07, 6.45) is 14.0. The van der Waals surface area contributed by atoms with Crippen molar-refractivity contribution in [1.29, 1.82) is 0 Å². The number of hydrogen-bond acceptors (Lipinski definition) is 4. The van der Waals surface area contributed by atoms with Crippen molar-refractivity contribution >= 4 is 11.8 Å². The molecule has 8 nitrogen and oxygen atoms in total. The van der Waals surface area contributed by atoms with Crippen LogP contribution in [0.15, 0.2) is 122 Å². The fourth-order valence-electron chi connectivity index (χ4n) is 8.67. The predicted molar refractivity (Wildman–Crippen MR) is 208 cm³/mol. The number of carbonyl (C=O) groups excluding carboxylic acids is 2. The van der Waals surface area contributed by atoms with Crippen LogP contribution in [-0.2, 0) is 9.59 Å². The molecule has 4 heterocycles. The van der Waals surface area contributed by atoms with Crippen LogP contribution in [0.25, 0.3) is 33.6 Å². The van der Waals surface area contributed by atoms with Crippen molar-refractivity contribution in [1.82, 2.24) is 29.7 Å². The fraction of sp³-hybridized carbons (Fsp3) is 0.261. The van der Waals surface area contributed by atoms with Crippen molar-refractivity contribution in [2.24, 2.45) is 10.8 Å². The van der Waals surface area contributed by atoms with Crippen molar-refractivity contribution in [2.45, 2.75) is 50.6 Å². The fourth-order valence-corrected chi connectivity index (χ4v) is 8.67. The van der Waals surface area contributed by atoms with Crippen LogP contribution in [0.1, 0.15) is 73.4 Å². The molecule has 268 valence electrons. The lowest BCUT2D eigenvalue weighted by Gasteiger charge is -2.23. The summed E-state index contributed by atoms with van der Waals surface area (Å²) in [6.45, 7) is 1.58. The van der Waals surface area contributed by atoms with Gasteiger partial charge in [-0.15, -0.1) is 0 Å². The third-order valence-electron chi connectivity index (χ3n) is 12.2. The lowest BCUT2D eigenvalue weighted by Crippen LogP contribution is -2.32. The molecule has 2 aliphatic carbocycles. The van der Waals surface area contributed by atoms with Gasteiger partial charge in [-0.1, -0.05) is 109 Å². The van der Waals surface area contributed by atoms with Crippen LogP contribution in [0.4, 0.5) is 0 Å². The minimum absolute atomic E-state index is 0.0489. The van der Waals surface area contributed by atoms with E-state index < -0.39 is 0 Å². The Kier molecular flexibility index (Phi) is 7.89. The summed E-state index contributed by atoms with van der Waals surface area (Å²) in [5.74, 6) is 1.81. The maximum Gasteiger partial charge on any atom is 0.231 e. The first-order valence-corrected chi connectivity index (χ1v) is 19.1. The zero-order valence-corrected chi connectivity index (χ0v) is 30.1. The molecule has 1 unspecified atom stereocenters.